The fourth-order valence-corrected chi connectivity index (χ4v) is 7.26. The van der Waals surface area contributed by atoms with E-state index in [4.69, 9.17) is 14.4 Å². The molecule has 0 amide bonds. The number of nitrogens with zero attached hydrogens (tertiary/aromatic N) is 3. The number of benzene rings is 7. The number of hydrogen-bond acceptors (Lipinski definition) is 4. The summed E-state index contributed by atoms with van der Waals surface area (Å²) in [6.07, 6.45) is 3.68. The highest BCUT2D eigenvalue weighted by Crippen LogP contribution is 2.36. The first-order valence-electron chi connectivity index (χ1n) is 17.7. The SMILES string of the molecule is c1cncc(-c2ccccc2-c2nc(-c3ccc(-c4ccc5ccccc5c4)cc3)cc(-c3ccc(-c4ccc5oc6ccccc6c5c4)cc3)n2)c1. The number of pyridine rings is 1. The maximum absolute atomic E-state index is 6.08. The Kier molecular flexibility index (Phi) is 7.43. The van der Waals surface area contributed by atoms with Crippen LogP contribution < -0.4 is 0 Å². The third-order valence-electron chi connectivity index (χ3n) is 10.0. The molecule has 7 aromatic carbocycles. The van der Waals surface area contributed by atoms with E-state index in [0.29, 0.717) is 5.82 Å². The predicted octanol–water partition coefficient (Wildman–Crippen LogP) is 12.9. The van der Waals surface area contributed by atoms with Crippen molar-refractivity contribution in [3.63, 3.8) is 0 Å². The van der Waals surface area contributed by atoms with Crippen LogP contribution in [0.15, 0.2) is 193 Å². The van der Waals surface area contributed by atoms with Gasteiger partial charge < -0.3 is 4.42 Å². The average molecular weight is 678 g/mol. The van der Waals surface area contributed by atoms with Gasteiger partial charge in [-0.15, -0.1) is 0 Å². The van der Waals surface area contributed by atoms with Gasteiger partial charge in [-0.25, -0.2) is 9.97 Å². The fourth-order valence-electron chi connectivity index (χ4n) is 7.26. The summed E-state index contributed by atoms with van der Waals surface area (Å²) in [6, 6.07) is 61.4. The second-order valence-electron chi connectivity index (χ2n) is 13.3. The minimum Gasteiger partial charge on any atom is -0.456 e. The molecule has 248 valence electrons. The van der Waals surface area contributed by atoms with E-state index in [-0.39, 0.29) is 0 Å². The second-order valence-corrected chi connectivity index (χ2v) is 13.3. The lowest BCUT2D eigenvalue weighted by atomic mass is 9.98. The number of fused-ring (bicyclic) bond motifs is 4. The molecular formula is C49H31N3O. The maximum Gasteiger partial charge on any atom is 0.161 e. The van der Waals surface area contributed by atoms with Gasteiger partial charge in [-0.2, -0.15) is 0 Å². The van der Waals surface area contributed by atoms with Crippen molar-refractivity contribution in [3.05, 3.63) is 188 Å². The van der Waals surface area contributed by atoms with Crippen LogP contribution in [0.25, 0.3) is 100.0 Å². The van der Waals surface area contributed by atoms with Crippen LogP contribution in [0, 0.1) is 0 Å². The number of aromatic nitrogens is 3. The molecule has 0 saturated carbocycles. The molecule has 0 radical (unpaired) electrons. The summed E-state index contributed by atoms with van der Waals surface area (Å²) in [5.74, 6) is 0.664. The summed E-state index contributed by atoms with van der Waals surface area (Å²) in [5.41, 5.74) is 13.2. The molecule has 0 fully saturated rings. The zero-order valence-corrected chi connectivity index (χ0v) is 28.6. The Bertz CT molecular complexity index is 2930. The van der Waals surface area contributed by atoms with Crippen molar-refractivity contribution in [1.82, 2.24) is 15.0 Å². The predicted molar refractivity (Wildman–Crippen MR) is 217 cm³/mol. The van der Waals surface area contributed by atoms with Crippen molar-refractivity contribution in [2.45, 2.75) is 0 Å². The molecule has 0 unspecified atom stereocenters. The van der Waals surface area contributed by atoms with Crippen LogP contribution in [-0.4, -0.2) is 15.0 Å². The van der Waals surface area contributed by atoms with Gasteiger partial charge in [0.25, 0.3) is 0 Å². The summed E-state index contributed by atoms with van der Waals surface area (Å²) in [6.45, 7) is 0. The van der Waals surface area contributed by atoms with E-state index in [1.54, 1.807) is 6.20 Å². The molecule has 53 heavy (non-hydrogen) atoms. The lowest BCUT2D eigenvalue weighted by molar-refractivity contribution is 0.669. The van der Waals surface area contributed by atoms with Gasteiger partial charge in [0.1, 0.15) is 11.2 Å². The standard InChI is InChI=1S/C49H31N3O/c1-2-9-37-28-38(24-19-32(37)8-1)33-15-20-35(21-16-33)45-30-46(52-49(51-45)43-13-4-3-11-41(43)40-10-7-27-50-31-40)36-22-17-34(18-23-36)39-25-26-48-44(29-39)42-12-5-6-14-47(42)53-48/h1-31H. The van der Waals surface area contributed by atoms with Crippen molar-refractivity contribution in [2.75, 3.05) is 0 Å². The van der Waals surface area contributed by atoms with E-state index in [2.05, 4.69) is 151 Å². The van der Waals surface area contributed by atoms with Crippen LogP contribution in [-0.2, 0) is 0 Å². The van der Waals surface area contributed by atoms with Gasteiger partial charge in [0.15, 0.2) is 5.82 Å². The van der Waals surface area contributed by atoms with Gasteiger partial charge in [-0.1, -0.05) is 140 Å². The van der Waals surface area contributed by atoms with E-state index in [0.717, 1.165) is 77.8 Å². The monoisotopic (exact) mass is 677 g/mol. The third-order valence-corrected chi connectivity index (χ3v) is 10.0. The largest absolute Gasteiger partial charge is 0.456 e. The van der Waals surface area contributed by atoms with Crippen molar-refractivity contribution in [1.29, 1.82) is 0 Å². The molecule has 0 saturated heterocycles. The highest BCUT2D eigenvalue weighted by Gasteiger charge is 2.15. The molecule has 0 aliphatic carbocycles. The maximum atomic E-state index is 6.08. The molecule has 10 aromatic rings. The molecule has 4 nitrogen and oxygen atoms in total. The van der Waals surface area contributed by atoms with Crippen molar-refractivity contribution < 1.29 is 4.42 Å². The summed E-state index contributed by atoms with van der Waals surface area (Å²) in [4.78, 5) is 14.8. The Hall–Kier alpha value is -7.17. The topological polar surface area (TPSA) is 51.8 Å². The Morgan fingerprint density at radius 1 is 0.358 bits per heavy atom. The molecule has 0 N–H and O–H groups in total. The van der Waals surface area contributed by atoms with Crippen LogP contribution in [0.4, 0.5) is 0 Å². The summed E-state index contributed by atoms with van der Waals surface area (Å²) in [7, 11) is 0. The van der Waals surface area contributed by atoms with E-state index in [1.165, 1.54) is 16.3 Å². The zero-order valence-electron chi connectivity index (χ0n) is 28.6. The van der Waals surface area contributed by atoms with Gasteiger partial charge in [-0.3, -0.25) is 4.98 Å². The Labute approximate surface area is 306 Å². The normalized spacial score (nSPS) is 11.4. The average Bonchev–Trinajstić information content (AvgIpc) is 3.62. The van der Waals surface area contributed by atoms with Gasteiger partial charge in [0.05, 0.1) is 11.4 Å². The van der Waals surface area contributed by atoms with Crippen LogP contribution in [0.5, 0.6) is 0 Å². The third kappa shape index (κ3) is 5.73. The van der Waals surface area contributed by atoms with Gasteiger partial charge in [0, 0.05) is 45.4 Å². The van der Waals surface area contributed by atoms with E-state index >= 15 is 0 Å². The lowest BCUT2D eigenvalue weighted by Gasteiger charge is -2.13. The van der Waals surface area contributed by atoms with Crippen molar-refractivity contribution >= 4 is 32.7 Å². The molecular weight excluding hydrogens is 647 g/mol. The first-order chi connectivity index (χ1) is 26.2. The van der Waals surface area contributed by atoms with E-state index in [9.17, 15) is 0 Å². The van der Waals surface area contributed by atoms with E-state index < -0.39 is 0 Å². The first kappa shape index (κ1) is 30.6. The highest BCUT2D eigenvalue weighted by atomic mass is 16.3. The molecule has 3 aromatic heterocycles. The molecule has 0 spiro atoms. The van der Waals surface area contributed by atoms with Gasteiger partial charge >= 0.3 is 0 Å². The molecule has 10 rings (SSSR count). The van der Waals surface area contributed by atoms with Crippen molar-refractivity contribution in [3.8, 4) is 67.3 Å². The molecule has 0 bridgehead atoms. The Morgan fingerprint density at radius 3 is 1.68 bits per heavy atom. The number of furan rings is 1. The van der Waals surface area contributed by atoms with Crippen LogP contribution in [0.3, 0.4) is 0 Å². The Balaban J connectivity index is 1.06. The summed E-state index contributed by atoms with van der Waals surface area (Å²) >= 11 is 0. The first-order valence-corrected chi connectivity index (χ1v) is 17.7. The molecule has 3 heterocycles. The number of hydrogen-bond donors (Lipinski definition) is 0. The lowest BCUT2D eigenvalue weighted by Crippen LogP contribution is -1.97. The fraction of sp³-hybridized carbons (Fsp3) is 0. The van der Waals surface area contributed by atoms with E-state index in [1.807, 2.05) is 36.5 Å². The number of para-hydroxylation sites is 1. The van der Waals surface area contributed by atoms with Crippen molar-refractivity contribution in [2.24, 2.45) is 0 Å². The second kappa shape index (κ2) is 12.9. The molecule has 0 aliphatic heterocycles. The minimum atomic E-state index is 0.664. The Morgan fingerprint density at radius 2 is 0.943 bits per heavy atom. The van der Waals surface area contributed by atoms with Crippen LogP contribution >= 0.6 is 0 Å². The smallest absolute Gasteiger partial charge is 0.161 e. The van der Waals surface area contributed by atoms with Crippen LogP contribution in [0.1, 0.15) is 0 Å². The molecule has 0 atom stereocenters. The van der Waals surface area contributed by atoms with Gasteiger partial charge in [-0.05, 0) is 75.0 Å². The highest BCUT2D eigenvalue weighted by molar-refractivity contribution is 6.06. The minimum absolute atomic E-state index is 0.664. The number of rotatable bonds is 6. The zero-order chi connectivity index (χ0) is 35.1. The summed E-state index contributed by atoms with van der Waals surface area (Å²) in [5, 5.41) is 4.71. The van der Waals surface area contributed by atoms with Crippen LogP contribution in [0.2, 0.25) is 0 Å². The van der Waals surface area contributed by atoms with Gasteiger partial charge in [0.2, 0.25) is 0 Å². The summed E-state index contributed by atoms with van der Waals surface area (Å²) < 4.78 is 6.08. The quantitative estimate of drug-likeness (QED) is 0.176. The molecule has 4 heteroatoms. The molecule has 0 aliphatic rings.